The number of hydrogen-bond donors (Lipinski definition) is 2. The maximum atomic E-state index is 13.2. The Bertz CT molecular complexity index is 1350. The van der Waals surface area contributed by atoms with Crippen molar-refractivity contribution in [2.24, 2.45) is 0 Å². The standard InChI is InChI=1S/C26H23N4O4/c1-4-16-9-11-17(12-10-16)28-25(31)18-13-23(33-2)24(34-3)14-21(18)30-26(32)22-15-27-19-7-5-6-8-20(19)29-22/h5-15H,1,4H2,2-3H3,(H,28,31)(H,30,32). The van der Waals surface area contributed by atoms with Crippen molar-refractivity contribution in [3.05, 3.63) is 90.6 Å². The molecule has 0 aliphatic heterocycles. The van der Waals surface area contributed by atoms with Gasteiger partial charge >= 0.3 is 0 Å². The monoisotopic (exact) mass is 455 g/mol. The van der Waals surface area contributed by atoms with Gasteiger partial charge in [0.25, 0.3) is 11.8 Å². The predicted molar refractivity (Wildman–Crippen MR) is 130 cm³/mol. The molecule has 0 spiro atoms. The average molecular weight is 455 g/mol. The normalized spacial score (nSPS) is 10.6. The summed E-state index contributed by atoms with van der Waals surface area (Å²) >= 11 is 0. The maximum Gasteiger partial charge on any atom is 0.275 e. The molecule has 2 amide bonds. The number of fused-ring (bicyclic) bond motifs is 1. The number of amides is 2. The second kappa shape index (κ2) is 9.99. The summed E-state index contributed by atoms with van der Waals surface area (Å²) in [5.41, 5.74) is 3.47. The van der Waals surface area contributed by atoms with Crippen molar-refractivity contribution in [3.8, 4) is 11.5 Å². The molecule has 0 atom stereocenters. The molecule has 3 aromatic carbocycles. The quantitative estimate of drug-likeness (QED) is 0.425. The second-order valence-corrected chi connectivity index (χ2v) is 7.35. The SMILES string of the molecule is [CH2]Cc1ccc(NC(=O)c2cc(OC)c(OC)cc2NC(=O)c2cnc3ccccc3n2)cc1. The lowest BCUT2D eigenvalue weighted by Gasteiger charge is -2.16. The van der Waals surface area contributed by atoms with E-state index >= 15 is 0 Å². The molecule has 34 heavy (non-hydrogen) atoms. The van der Waals surface area contributed by atoms with Crippen LogP contribution in [0.1, 0.15) is 26.4 Å². The Morgan fingerprint density at radius 3 is 2.24 bits per heavy atom. The van der Waals surface area contributed by atoms with E-state index in [0.717, 1.165) is 5.56 Å². The maximum absolute atomic E-state index is 13.2. The first kappa shape index (κ1) is 22.7. The summed E-state index contributed by atoms with van der Waals surface area (Å²) in [7, 11) is 2.95. The third-order valence-corrected chi connectivity index (χ3v) is 5.20. The van der Waals surface area contributed by atoms with Gasteiger partial charge in [-0.25, -0.2) is 4.98 Å². The molecule has 0 saturated heterocycles. The van der Waals surface area contributed by atoms with Gasteiger partial charge in [0.2, 0.25) is 0 Å². The molecule has 1 aromatic heterocycles. The Hall–Kier alpha value is -4.46. The zero-order valence-corrected chi connectivity index (χ0v) is 18.8. The third-order valence-electron chi connectivity index (χ3n) is 5.20. The number of para-hydroxylation sites is 2. The van der Waals surface area contributed by atoms with E-state index in [1.165, 1.54) is 32.5 Å². The molecule has 0 aliphatic carbocycles. The van der Waals surface area contributed by atoms with Gasteiger partial charge in [-0.2, -0.15) is 0 Å². The van der Waals surface area contributed by atoms with Crippen molar-refractivity contribution in [3.63, 3.8) is 0 Å². The first-order chi connectivity index (χ1) is 16.5. The van der Waals surface area contributed by atoms with E-state index in [0.29, 0.717) is 34.6 Å². The van der Waals surface area contributed by atoms with Crippen LogP contribution in [0.5, 0.6) is 11.5 Å². The highest BCUT2D eigenvalue weighted by atomic mass is 16.5. The van der Waals surface area contributed by atoms with E-state index in [2.05, 4.69) is 27.5 Å². The lowest BCUT2D eigenvalue weighted by atomic mass is 10.1. The molecular weight excluding hydrogens is 432 g/mol. The first-order valence-electron chi connectivity index (χ1n) is 10.5. The van der Waals surface area contributed by atoms with Crippen LogP contribution in [0.2, 0.25) is 0 Å². The molecule has 1 radical (unpaired) electrons. The zero-order valence-electron chi connectivity index (χ0n) is 18.8. The molecule has 0 saturated carbocycles. The molecule has 171 valence electrons. The highest BCUT2D eigenvalue weighted by Crippen LogP contribution is 2.34. The zero-order chi connectivity index (χ0) is 24.1. The van der Waals surface area contributed by atoms with Crippen molar-refractivity contribution in [1.82, 2.24) is 9.97 Å². The molecule has 2 N–H and O–H groups in total. The van der Waals surface area contributed by atoms with E-state index in [-0.39, 0.29) is 16.9 Å². The van der Waals surface area contributed by atoms with Gasteiger partial charge in [-0.3, -0.25) is 14.6 Å². The lowest BCUT2D eigenvalue weighted by molar-refractivity contribution is 0.102. The Kier molecular flexibility index (Phi) is 6.68. The summed E-state index contributed by atoms with van der Waals surface area (Å²) in [4.78, 5) is 34.8. The number of rotatable bonds is 7. The number of ether oxygens (including phenoxy) is 2. The number of carbonyl (C=O) groups is 2. The van der Waals surface area contributed by atoms with Crippen LogP contribution < -0.4 is 20.1 Å². The topological polar surface area (TPSA) is 102 Å². The number of methoxy groups -OCH3 is 2. The third kappa shape index (κ3) is 4.80. The van der Waals surface area contributed by atoms with Crippen LogP contribution in [0.15, 0.2) is 66.9 Å². The van der Waals surface area contributed by atoms with E-state index in [9.17, 15) is 9.59 Å². The molecule has 1 heterocycles. The van der Waals surface area contributed by atoms with E-state index in [1.807, 2.05) is 30.3 Å². The largest absolute Gasteiger partial charge is 0.493 e. The van der Waals surface area contributed by atoms with Crippen molar-refractivity contribution >= 4 is 34.2 Å². The van der Waals surface area contributed by atoms with Crippen LogP contribution in [0.4, 0.5) is 11.4 Å². The van der Waals surface area contributed by atoms with E-state index in [1.54, 1.807) is 18.2 Å². The fourth-order valence-corrected chi connectivity index (χ4v) is 3.38. The highest BCUT2D eigenvalue weighted by Gasteiger charge is 2.20. The molecule has 4 aromatic rings. The molecule has 8 nitrogen and oxygen atoms in total. The Balaban J connectivity index is 1.66. The van der Waals surface area contributed by atoms with Gasteiger partial charge in [0.1, 0.15) is 5.69 Å². The van der Waals surface area contributed by atoms with Gasteiger partial charge in [0, 0.05) is 11.8 Å². The predicted octanol–water partition coefficient (Wildman–Crippen LogP) is 4.53. The smallest absolute Gasteiger partial charge is 0.275 e. The summed E-state index contributed by atoms with van der Waals surface area (Å²) < 4.78 is 10.7. The van der Waals surface area contributed by atoms with Crippen LogP contribution in [-0.2, 0) is 6.42 Å². The van der Waals surface area contributed by atoms with Crippen LogP contribution in [-0.4, -0.2) is 36.0 Å². The second-order valence-electron chi connectivity index (χ2n) is 7.35. The summed E-state index contributed by atoms with van der Waals surface area (Å²) in [5.74, 6) is -0.232. The summed E-state index contributed by atoms with van der Waals surface area (Å²) in [5, 5.41) is 5.60. The fourth-order valence-electron chi connectivity index (χ4n) is 3.38. The molecule has 8 heteroatoms. The Morgan fingerprint density at radius 1 is 0.882 bits per heavy atom. The number of nitrogens with one attached hydrogen (secondary N) is 2. The molecule has 0 unspecified atom stereocenters. The minimum atomic E-state index is -0.515. The Morgan fingerprint density at radius 2 is 1.56 bits per heavy atom. The van der Waals surface area contributed by atoms with Gasteiger partial charge in [0.15, 0.2) is 11.5 Å². The van der Waals surface area contributed by atoms with Crippen LogP contribution >= 0.6 is 0 Å². The van der Waals surface area contributed by atoms with Crippen LogP contribution in [0, 0.1) is 6.92 Å². The van der Waals surface area contributed by atoms with Gasteiger partial charge in [-0.05, 0) is 49.2 Å². The van der Waals surface area contributed by atoms with Crippen molar-refractivity contribution in [2.45, 2.75) is 6.42 Å². The number of aromatic nitrogens is 2. The summed E-state index contributed by atoms with van der Waals surface area (Å²) in [6, 6.07) is 17.7. The van der Waals surface area contributed by atoms with Gasteiger partial charge in [-0.15, -0.1) is 0 Å². The van der Waals surface area contributed by atoms with E-state index in [4.69, 9.17) is 9.47 Å². The highest BCUT2D eigenvalue weighted by molar-refractivity contribution is 6.12. The van der Waals surface area contributed by atoms with Crippen molar-refractivity contribution < 1.29 is 19.1 Å². The summed E-state index contributed by atoms with van der Waals surface area (Å²) in [6.45, 7) is 3.85. The van der Waals surface area contributed by atoms with Gasteiger partial charge in [0.05, 0.1) is 42.7 Å². The number of nitrogens with zero attached hydrogens (tertiary/aromatic N) is 2. The van der Waals surface area contributed by atoms with Crippen LogP contribution in [0.25, 0.3) is 11.0 Å². The first-order valence-corrected chi connectivity index (χ1v) is 10.5. The number of benzene rings is 3. The van der Waals surface area contributed by atoms with Gasteiger partial charge in [-0.1, -0.05) is 24.3 Å². The number of carbonyl (C=O) groups excluding carboxylic acids is 2. The molecule has 0 aliphatic rings. The van der Waals surface area contributed by atoms with Gasteiger partial charge < -0.3 is 20.1 Å². The minimum Gasteiger partial charge on any atom is -0.493 e. The summed E-state index contributed by atoms with van der Waals surface area (Å²) in [6.07, 6.45) is 2.04. The molecular formula is C26H23N4O4. The van der Waals surface area contributed by atoms with Crippen molar-refractivity contribution in [2.75, 3.05) is 24.9 Å². The van der Waals surface area contributed by atoms with Crippen LogP contribution in [0.3, 0.4) is 0 Å². The lowest BCUT2D eigenvalue weighted by Crippen LogP contribution is -2.19. The van der Waals surface area contributed by atoms with Crippen molar-refractivity contribution in [1.29, 1.82) is 0 Å². The number of anilines is 2. The average Bonchev–Trinajstić information content (AvgIpc) is 2.88. The molecule has 4 rings (SSSR count). The molecule has 0 bridgehead atoms. The van der Waals surface area contributed by atoms with E-state index < -0.39 is 11.8 Å². The Labute approximate surface area is 197 Å². The number of hydrogen-bond acceptors (Lipinski definition) is 6. The fraction of sp³-hybridized carbons (Fsp3) is 0.115. The molecule has 0 fully saturated rings. The minimum absolute atomic E-state index is 0.114.